The van der Waals surface area contributed by atoms with Gasteiger partial charge in [-0.2, -0.15) is 0 Å². The van der Waals surface area contributed by atoms with Crippen LogP contribution in [0.3, 0.4) is 0 Å². The molecule has 7 heteroatoms. The van der Waals surface area contributed by atoms with Gasteiger partial charge in [0.05, 0.1) is 15.7 Å². The Kier molecular flexibility index (Phi) is 5.00. The van der Waals surface area contributed by atoms with Gasteiger partial charge in [0.25, 0.3) is 5.91 Å². The molecule has 0 aliphatic carbocycles. The molecule has 0 atom stereocenters. The van der Waals surface area contributed by atoms with Crippen molar-refractivity contribution >= 4 is 33.5 Å². The first-order valence-electron chi connectivity index (χ1n) is 6.21. The number of carbonyl (C=O) groups is 2. The van der Waals surface area contributed by atoms with Gasteiger partial charge in [-0.1, -0.05) is 12.1 Å². The van der Waals surface area contributed by atoms with Crippen molar-refractivity contribution in [2.75, 3.05) is 11.9 Å². The van der Waals surface area contributed by atoms with Crippen LogP contribution >= 0.6 is 15.9 Å². The summed E-state index contributed by atoms with van der Waals surface area (Å²) >= 11 is 3.29. The van der Waals surface area contributed by atoms with Crippen molar-refractivity contribution in [3.63, 3.8) is 0 Å². The summed E-state index contributed by atoms with van der Waals surface area (Å²) in [6.07, 6.45) is 0. The molecule has 2 aromatic carbocycles. The van der Waals surface area contributed by atoms with Crippen LogP contribution in [-0.2, 0) is 4.79 Å². The first kappa shape index (κ1) is 15.8. The molecular weight excluding hydrogens is 354 g/mol. The lowest BCUT2D eigenvalue weighted by atomic mass is 10.1. The highest BCUT2D eigenvalue weighted by Gasteiger charge is 2.14. The molecule has 3 N–H and O–H groups in total. The molecule has 1 amide bonds. The second-order valence-electron chi connectivity index (χ2n) is 4.30. The number of phenols is 1. The molecule has 114 valence electrons. The molecule has 2 aromatic rings. The number of aromatic carboxylic acids is 1. The van der Waals surface area contributed by atoms with Crippen LogP contribution in [0.1, 0.15) is 10.4 Å². The van der Waals surface area contributed by atoms with Gasteiger partial charge >= 0.3 is 5.97 Å². The molecule has 0 saturated heterocycles. The first-order chi connectivity index (χ1) is 10.5. The summed E-state index contributed by atoms with van der Waals surface area (Å²) in [5, 5.41) is 20.8. The molecule has 0 aliphatic heterocycles. The molecule has 0 aliphatic rings. The van der Waals surface area contributed by atoms with Crippen LogP contribution in [0.2, 0.25) is 0 Å². The molecule has 0 spiro atoms. The normalized spacial score (nSPS) is 10.0. The van der Waals surface area contributed by atoms with E-state index in [2.05, 4.69) is 21.2 Å². The minimum Gasteiger partial charge on any atom is -0.508 e. The van der Waals surface area contributed by atoms with Crippen LogP contribution in [0, 0.1) is 0 Å². The molecule has 0 fully saturated rings. The number of para-hydroxylation sites is 1. The average Bonchev–Trinajstić information content (AvgIpc) is 2.48. The van der Waals surface area contributed by atoms with Crippen LogP contribution in [0.15, 0.2) is 46.9 Å². The molecular formula is C15H12BrNO5. The molecule has 6 nitrogen and oxygen atoms in total. The molecule has 0 bridgehead atoms. The van der Waals surface area contributed by atoms with Crippen LogP contribution in [0.4, 0.5) is 5.69 Å². The maximum Gasteiger partial charge on any atom is 0.337 e. The summed E-state index contributed by atoms with van der Waals surface area (Å²) in [6, 6.07) is 10.7. The summed E-state index contributed by atoms with van der Waals surface area (Å²) in [5.41, 5.74) is -0.111. The number of hydrogen-bond donors (Lipinski definition) is 3. The zero-order chi connectivity index (χ0) is 16.1. The Morgan fingerprint density at radius 1 is 1.18 bits per heavy atom. The lowest BCUT2D eigenvalue weighted by Gasteiger charge is -2.10. The van der Waals surface area contributed by atoms with Crippen molar-refractivity contribution in [3.8, 4) is 11.5 Å². The predicted octanol–water partition coefficient (Wildman–Crippen LogP) is 2.87. The zero-order valence-electron chi connectivity index (χ0n) is 11.2. The van der Waals surface area contributed by atoms with E-state index in [-0.39, 0.29) is 23.6 Å². The Hall–Kier alpha value is -2.54. The average molecular weight is 366 g/mol. The third kappa shape index (κ3) is 3.98. The molecule has 0 radical (unpaired) electrons. The smallest absolute Gasteiger partial charge is 0.337 e. The van der Waals surface area contributed by atoms with Crippen LogP contribution in [0.5, 0.6) is 11.5 Å². The summed E-state index contributed by atoms with van der Waals surface area (Å²) < 4.78 is 6.05. The quantitative estimate of drug-likeness (QED) is 0.708. The number of benzene rings is 2. The minimum absolute atomic E-state index is 0.0889. The lowest BCUT2D eigenvalue weighted by molar-refractivity contribution is -0.118. The molecule has 0 aromatic heterocycles. The molecule has 22 heavy (non-hydrogen) atoms. The fourth-order valence-electron chi connectivity index (χ4n) is 1.71. The maximum atomic E-state index is 11.8. The number of halogens is 1. The number of anilines is 1. The summed E-state index contributed by atoms with van der Waals surface area (Å²) in [5.74, 6) is -1.46. The fourth-order valence-corrected chi connectivity index (χ4v) is 2.11. The van der Waals surface area contributed by atoms with E-state index in [1.54, 1.807) is 18.2 Å². The largest absolute Gasteiger partial charge is 0.508 e. The Bertz CT molecular complexity index is 717. The maximum absolute atomic E-state index is 11.8. The number of aromatic hydroxyl groups is 1. The van der Waals surface area contributed by atoms with Gasteiger partial charge in [-0.3, -0.25) is 4.79 Å². The Morgan fingerprint density at radius 2 is 1.91 bits per heavy atom. The van der Waals surface area contributed by atoms with Crippen LogP contribution < -0.4 is 10.1 Å². The van der Waals surface area contributed by atoms with E-state index in [0.29, 0.717) is 10.2 Å². The minimum atomic E-state index is -1.25. The van der Waals surface area contributed by atoms with E-state index in [9.17, 15) is 14.7 Å². The Labute approximate surface area is 134 Å². The topological polar surface area (TPSA) is 95.9 Å². The first-order valence-corrected chi connectivity index (χ1v) is 7.00. The van der Waals surface area contributed by atoms with E-state index in [0.717, 1.165) is 6.07 Å². The standard InChI is InChI=1S/C15H12BrNO5/c16-11-3-1-2-4-13(11)22-8-14(19)17-12-6-5-9(18)7-10(12)15(20)21/h1-7,18H,8H2,(H,17,19)(H,20,21). The van der Waals surface area contributed by atoms with Crippen molar-refractivity contribution in [2.24, 2.45) is 0 Å². The van der Waals surface area contributed by atoms with E-state index < -0.39 is 11.9 Å². The van der Waals surface area contributed by atoms with Gasteiger partial charge in [0.2, 0.25) is 0 Å². The Morgan fingerprint density at radius 3 is 2.59 bits per heavy atom. The summed E-state index contributed by atoms with van der Waals surface area (Å²) in [7, 11) is 0. The highest BCUT2D eigenvalue weighted by molar-refractivity contribution is 9.10. The number of ether oxygens (including phenoxy) is 1. The van der Waals surface area contributed by atoms with Crippen molar-refractivity contribution < 1.29 is 24.5 Å². The van der Waals surface area contributed by atoms with Gasteiger partial charge in [0.1, 0.15) is 11.5 Å². The van der Waals surface area contributed by atoms with Crippen LogP contribution in [-0.4, -0.2) is 28.7 Å². The van der Waals surface area contributed by atoms with Gasteiger partial charge in [0.15, 0.2) is 6.61 Å². The second kappa shape index (κ2) is 6.95. The molecule has 0 unspecified atom stereocenters. The van der Waals surface area contributed by atoms with E-state index >= 15 is 0 Å². The second-order valence-corrected chi connectivity index (χ2v) is 5.16. The lowest BCUT2D eigenvalue weighted by Crippen LogP contribution is -2.21. The summed E-state index contributed by atoms with van der Waals surface area (Å²) in [6.45, 7) is -0.275. The Balaban J connectivity index is 2.04. The fraction of sp³-hybridized carbons (Fsp3) is 0.0667. The van der Waals surface area contributed by atoms with Gasteiger partial charge in [-0.05, 0) is 46.3 Å². The third-order valence-electron chi connectivity index (χ3n) is 2.70. The van der Waals surface area contributed by atoms with Crippen molar-refractivity contribution in [3.05, 3.63) is 52.5 Å². The number of rotatable bonds is 5. The number of carboxylic acids is 1. The predicted molar refractivity (Wildman–Crippen MR) is 83.3 cm³/mol. The number of amides is 1. The highest BCUT2D eigenvalue weighted by atomic mass is 79.9. The highest BCUT2D eigenvalue weighted by Crippen LogP contribution is 2.24. The molecule has 0 saturated carbocycles. The van der Waals surface area contributed by atoms with Crippen LogP contribution in [0.25, 0.3) is 0 Å². The van der Waals surface area contributed by atoms with Crippen molar-refractivity contribution in [1.29, 1.82) is 0 Å². The zero-order valence-corrected chi connectivity index (χ0v) is 12.8. The monoisotopic (exact) mass is 365 g/mol. The van der Waals surface area contributed by atoms with Crippen molar-refractivity contribution in [1.82, 2.24) is 0 Å². The van der Waals surface area contributed by atoms with Gasteiger partial charge in [-0.15, -0.1) is 0 Å². The van der Waals surface area contributed by atoms with Gasteiger partial charge < -0.3 is 20.3 Å². The van der Waals surface area contributed by atoms with E-state index in [1.165, 1.54) is 12.1 Å². The number of carboxylic acid groups (broad SMARTS) is 1. The number of nitrogens with one attached hydrogen (secondary N) is 1. The van der Waals surface area contributed by atoms with Gasteiger partial charge in [0, 0.05) is 0 Å². The summed E-state index contributed by atoms with van der Waals surface area (Å²) in [4.78, 5) is 22.9. The third-order valence-corrected chi connectivity index (χ3v) is 3.36. The van der Waals surface area contributed by atoms with Crippen molar-refractivity contribution in [2.45, 2.75) is 0 Å². The SMILES string of the molecule is O=C(COc1ccccc1Br)Nc1ccc(O)cc1C(=O)O. The number of carbonyl (C=O) groups excluding carboxylic acids is 1. The van der Waals surface area contributed by atoms with E-state index in [1.807, 2.05) is 6.07 Å². The molecule has 2 rings (SSSR count). The number of phenolic OH excluding ortho intramolecular Hbond substituents is 1. The number of hydrogen-bond acceptors (Lipinski definition) is 4. The van der Waals surface area contributed by atoms with E-state index in [4.69, 9.17) is 9.84 Å². The molecule has 0 heterocycles. The van der Waals surface area contributed by atoms with Gasteiger partial charge in [-0.25, -0.2) is 4.79 Å².